The molecule has 0 radical (unpaired) electrons. The molecule has 0 saturated carbocycles. The van der Waals surface area contributed by atoms with Crippen LogP contribution in [-0.4, -0.2) is 20.1 Å². The molecule has 3 rings (SSSR count). The highest BCUT2D eigenvalue weighted by atomic mass is 19.1. The lowest BCUT2D eigenvalue weighted by Crippen LogP contribution is -2.02. The molecule has 3 aromatic rings. The third-order valence-corrected chi connectivity index (χ3v) is 4.02. The minimum Gasteiger partial charge on any atom is -0.508 e. The van der Waals surface area contributed by atoms with Gasteiger partial charge in [-0.3, -0.25) is 4.98 Å². The summed E-state index contributed by atoms with van der Waals surface area (Å²) in [5.74, 6) is -2.24. The lowest BCUT2D eigenvalue weighted by Gasteiger charge is -2.11. The van der Waals surface area contributed by atoms with Crippen molar-refractivity contribution in [2.75, 3.05) is 5.73 Å². The molecule has 0 spiro atoms. The number of aryl methyl sites for hydroxylation is 1. The van der Waals surface area contributed by atoms with Crippen LogP contribution in [0.4, 0.5) is 14.5 Å². The van der Waals surface area contributed by atoms with Gasteiger partial charge in [0.25, 0.3) is 0 Å². The fourth-order valence-corrected chi connectivity index (χ4v) is 2.61. The number of rotatable bonds is 5. The van der Waals surface area contributed by atoms with Gasteiger partial charge in [0.05, 0.1) is 22.6 Å². The number of pyridine rings is 3. The predicted octanol–water partition coefficient (Wildman–Crippen LogP) is 4.55. The Bertz CT molecular complexity index is 1000. The molecule has 3 heterocycles. The zero-order valence-corrected chi connectivity index (χ0v) is 14.7. The topological polar surface area (TPSA) is 84.9 Å². The summed E-state index contributed by atoms with van der Waals surface area (Å²) in [6, 6.07) is 7.67. The summed E-state index contributed by atoms with van der Waals surface area (Å²) >= 11 is 0. The molecule has 0 atom stereocenters. The molecular weight excluding hydrogens is 350 g/mol. The second kappa shape index (κ2) is 7.49. The van der Waals surface area contributed by atoms with Crippen molar-refractivity contribution in [1.82, 2.24) is 15.0 Å². The van der Waals surface area contributed by atoms with Crippen molar-refractivity contribution in [2.24, 2.45) is 0 Å². The van der Waals surface area contributed by atoms with Crippen LogP contribution in [0.5, 0.6) is 0 Å². The minimum absolute atomic E-state index is 0.0425. The summed E-state index contributed by atoms with van der Waals surface area (Å²) in [5, 5.41) is 9.77. The van der Waals surface area contributed by atoms with Crippen LogP contribution in [0.1, 0.15) is 24.6 Å². The highest BCUT2D eigenvalue weighted by molar-refractivity contribution is 5.72. The van der Waals surface area contributed by atoms with Gasteiger partial charge in [0.15, 0.2) is 5.82 Å². The van der Waals surface area contributed by atoms with Crippen molar-refractivity contribution in [3.63, 3.8) is 0 Å². The van der Waals surface area contributed by atoms with E-state index < -0.39 is 17.5 Å². The van der Waals surface area contributed by atoms with Crippen LogP contribution in [0.15, 0.2) is 43.1 Å². The lowest BCUT2D eigenvalue weighted by molar-refractivity contribution is 0.504. The van der Waals surface area contributed by atoms with E-state index >= 15 is 0 Å². The van der Waals surface area contributed by atoms with Crippen molar-refractivity contribution in [3.05, 3.63) is 66.1 Å². The molecule has 0 amide bonds. The fourth-order valence-electron chi connectivity index (χ4n) is 2.61. The van der Waals surface area contributed by atoms with Gasteiger partial charge >= 0.3 is 0 Å². The Morgan fingerprint density at radius 1 is 1.15 bits per heavy atom. The summed E-state index contributed by atoms with van der Waals surface area (Å²) in [4.78, 5) is 12.3. The zero-order valence-electron chi connectivity index (χ0n) is 14.7. The van der Waals surface area contributed by atoms with Crippen LogP contribution in [0.25, 0.3) is 28.4 Å². The molecule has 0 aliphatic carbocycles. The van der Waals surface area contributed by atoms with Crippen molar-refractivity contribution < 1.29 is 13.9 Å². The molecule has 0 aromatic carbocycles. The molecule has 0 fully saturated rings. The maximum Gasteiger partial charge on any atom is 0.236 e. The first kappa shape index (κ1) is 18.4. The molecule has 5 nitrogen and oxygen atoms in total. The van der Waals surface area contributed by atoms with Crippen LogP contribution >= 0.6 is 0 Å². The summed E-state index contributed by atoms with van der Waals surface area (Å²) in [6.45, 7) is 5.44. The Labute approximate surface area is 155 Å². The average molecular weight is 368 g/mol. The van der Waals surface area contributed by atoms with Crippen molar-refractivity contribution in [3.8, 4) is 22.6 Å². The van der Waals surface area contributed by atoms with Crippen molar-refractivity contribution in [2.45, 2.75) is 19.8 Å². The van der Waals surface area contributed by atoms with E-state index in [0.29, 0.717) is 11.3 Å². The minimum atomic E-state index is -0.922. The van der Waals surface area contributed by atoms with Crippen LogP contribution in [-0.2, 0) is 6.42 Å². The molecule has 3 N–H and O–H groups in total. The van der Waals surface area contributed by atoms with Gasteiger partial charge in [-0.2, -0.15) is 4.39 Å². The Balaban J connectivity index is 2.16. The van der Waals surface area contributed by atoms with Gasteiger partial charge in [0, 0.05) is 17.5 Å². The summed E-state index contributed by atoms with van der Waals surface area (Å²) in [6.07, 6.45) is 3.43. The lowest BCUT2D eigenvalue weighted by atomic mass is 10.1. The first-order valence-electron chi connectivity index (χ1n) is 8.37. The summed E-state index contributed by atoms with van der Waals surface area (Å²) < 4.78 is 28.5. The number of nitrogens with two attached hydrogens (primary N) is 1. The van der Waals surface area contributed by atoms with Crippen LogP contribution in [0, 0.1) is 11.8 Å². The molecule has 0 bridgehead atoms. The van der Waals surface area contributed by atoms with E-state index in [2.05, 4.69) is 28.5 Å². The van der Waals surface area contributed by atoms with Gasteiger partial charge < -0.3 is 10.8 Å². The van der Waals surface area contributed by atoms with E-state index in [1.54, 1.807) is 6.20 Å². The second-order valence-electron chi connectivity index (χ2n) is 6.03. The Hall–Kier alpha value is -3.35. The molecule has 27 heavy (non-hydrogen) atoms. The number of anilines is 1. The fraction of sp³-hybridized carbons (Fsp3) is 0.150. The average Bonchev–Trinajstić information content (AvgIpc) is 2.65. The third-order valence-electron chi connectivity index (χ3n) is 4.02. The Kier molecular flexibility index (Phi) is 5.12. The zero-order chi connectivity index (χ0) is 19.6. The summed E-state index contributed by atoms with van der Waals surface area (Å²) in [7, 11) is 0. The normalized spacial score (nSPS) is 10.8. The third kappa shape index (κ3) is 3.76. The standard InChI is InChI=1S/C20H18F2N4O/c1-3-4-13-6-5-12(10-24-13)17-9-14(11(2)27)18(21)19(25-17)16-8-7-15(23)20(22)26-16/h5-10,27H,2-4,23H2,1H3. The number of hydrogen-bond donors (Lipinski definition) is 2. The molecule has 138 valence electrons. The van der Waals surface area contributed by atoms with E-state index in [1.165, 1.54) is 18.2 Å². The quantitative estimate of drug-likeness (QED) is 0.510. The van der Waals surface area contributed by atoms with Gasteiger partial charge in [0.2, 0.25) is 5.95 Å². The van der Waals surface area contributed by atoms with Crippen LogP contribution in [0.3, 0.4) is 0 Å². The van der Waals surface area contributed by atoms with Gasteiger partial charge in [-0.15, -0.1) is 0 Å². The van der Waals surface area contributed by atoms with Gasteiger partial charge in [-0.05, 0) is 36.8 Å². The highest BCUT2D eigenvalue weighted by Crippen LogP contribution is 2.30. The molecule has 3 aromatic heterocycles. The van der Waals surface area contributed by atoms with E-state index in [0.717, 1.165) is 18.5 Å². The number of aromatic nitrogens is 3. The SMILES string of the molecule is C=C(O)c1cc(-c2ccc(CCC)nc2)nc(-c2ccc(N)c(F)n2)c1F. The maximum atomic E-state index is 14.8. The van der Waals surface area contributed by atoms with Crippen LogP contribution in [0.2, 0.25) is 0 Å². The van der Waals surface area contributed by atoms with Crippen LogP contribution < -0.4 is 5.73 Å². The maximum absolute atomic E-state index is 14.8. The molecule has 0 unspecified atom stereocenters. The first-order valence-corrected chi connectivity index (χ1v) is 8.37. The molecule has 0 aliphatic rings. The van der Waals surface area contributed by atoms with Gasteiger partial charge in [0.1, 0.15) is 11.5 Å². The Morgan fingerprint density at radius 2 is 1.93 bits per heavy atom. The van der Waals surface area contributed by atoms with Gasteiger partial charge in [-0.1, -0.05) is 19.9 Å². The highest BCUT2D eigenvalue weighted by Gasteiger charge is 2.19. The number of nitrogens with zero attached hydrogens (tertiary/aromatic N) is 3. The number of nitrogen functional groups attached to an aromatic ring is 1. The molecule has 0 saturated heterocycles. The van der Waals surface area contributed by atoms with E-state index in [-0.39, 0.29) is 22.6 Å². The van der Waals surface area contributed by atoms with Crippen molar-refractivity contribution >= 4 is 11.4 Å². The number of hydrogen-bond acceptors (Lipinski definition) is 5. The predicted molar refractivity (Wildman–Crippen MR) is 101 cm³/mol. The Morgan fingerprint density at radius 3 is 2.52 bits per heavy atom. The largest absolute Gasteiger partial charge is 0.508 e. The van der Waals surface area contributed by atoms with Crippen molar-refractivity contribution in [1.29, 1.82) is 0 Å². The van der Waals surface area contributed by atoms with E-state index in [1.807, 2.05) is 12.1 Å². The van der Waals surface area contributed by atoms with Gasteiger partial charge in [-0.25, -0.2) is 14.4 Å². The van der Waals surface area contributed by atoms with E-state index in [4.69, 9.17) is 5.73 Å². The van der Waals surface area contributed by atoms with E-state index in [9.17, 15) is 13.9 Å². The number of aliphatic hydroxyl groups is 1. The first-order chi connectivity index (χ1) is 12.9. The number of aliphatic hydroxyl groups excluding tert-OH is 1. The smallest absolute Gasteiger partial charge is 0.236 e. The second-order valence-corrected chi connectivity index (χ2v) is 6.03. The molecule has 7 heteroatoms. The number of halogens is 2. The molecule has 0 aliphatic heterocycles. The molecular formula is C20H18F2N4O. The monoisotopic (exact) mass is 368 g/mol. The summed E-state index contributed by atoms with van der Waals surface area (Å²) in [5.41, 5.74) is 6.77.